The van der Waals surface area contributed by atoms with E-state index in [2.05, 4.69) is 0 Å². The Morgan fingerprint density at radius 2 is 1.79 bits per heavy atom. The summed E-state index contributed by atoms with van der Waals surface area (Å²) < 4.78 is 24.1. The number of nitrogens with zero attached hydrogens (tertiary/aromatic N) is 1. The molecule has 0 amide bonds. The van der Waals surface area contributed by atoms with Gasteiger partial charge in [0.25, 0.3) is 0 Å². The summed E-state index contributed by atoms with van der Waals surface area (Å²) in [6, 6.07) is -0.272. The van der Waals surface area contributed by atoms with Crippen molar-refractivity contribution >= 4 is 17.7 Å². The fourth-order valence-electron chi connectivity index (χ4n) is 6.57. The van der Waals surface area contributed by atoms with Gasteiger partial charge in [-0.2, -0.15) is 0 Å². The van der Waals surface area contributed by atoms with Gasteiger partial charge in [0.2, 0.25) is 0 Å². The van der Waals surface area contributed by atoms with Crippen molar-refractivity contribution in [2.75, 3.05) is 14.1 Å². The summed E-state index contributed by atoms with van der Waals surface area (Å²) in [4.78, 5) is 40.2. The van der Waals surface area contributed by atoms with Crippen LogP contribution < -0.4 is 0 Å². The number of fused-ring (bicyclic) bond motifs is 1. The van der Waals surface area contributed by atoms with Crippen LogP contribution in [-0.2, 0) is 33.3 Å². The lowest BCUT2D eigenvalue weighted by Crippen LogP contribution is -2.56. The van der Waals surface area contributed by atoms with Crippen LogP contribution in [0.1, 0.15) is 73.6 Å². The Bertz CT molecular complexity index is 987. The molecule has 3 N–H and O–H groups in total. The highest BCUT2D eigenvalue weighted by atomic mass is 16.7. The number of likely N-dealkylation sites (N-methyl/N-ethyl adjacent to an activating group) is 1. The molecule has 2 fully saturated rings. The van der Waals surface area contributed by atoms with Crippen molar-refractivity contribution in [3.05, 3.63) is 12.2 Å². The molecule has 2 saturated heterocycles. The summed E-state index contributed by atoms with van der Waals surface area (Å²) in [7, 11) is 3.70. The number of carbonyl (C=O) groups is 3. The molecule has 0 aromatic heterocycles. The van der Waals surface area contributed by atoms with Crippen LogP contribution in [0.4, 0.5) is 0 Å². The van der Waals surface area contributed by atoms with Gasteiger partial charge in [0.1, 0.15) is 17.8 Å². The molecule has 42 heavy (non-hydrogen) atoms. The number of cyclic esters (lactones) is 1. The van der Waals surface area contributed by atoms with Crippen LogP contribution in [0.2, 0.25) is 0 Å². The largest absolute Gasteiger partial charge is 0.481 e. The highest BCUT2D eigenvalue weighted by Crippen LogP contribution is 2.45. The normalized spacial score (nSPS) is 44.7. The summed E-state index contributed by atoms with van der Waals surface area (Å²) in [5.41, 5.74) is -0.681. The van der Waals surface area contributed by atoms with E-state index >= 15 is 0 Å². The van der Waals surface area contributed by atoms with E-state index in [0.717, 1.165) is 0 Å². The van der Waals surface area contributed by atoms with Crippen LogP contribution in [-0.4, -0.2) is 107 Å². The molecule has 0 spiro atoms. The highest BCUT2D eigenvalue weighted by molar-refractivity contribution is 5.91. The number of hydrogen-bond acceptors (Lipinski definition) is 10. The van der Waals surface area contributed by atoms with Crippen LogP contribution in [0.25, 0.3) is 0 Å². The van der Waals surface area contributed by atoms with Gasteiger partial charge in [0, 0.05) is 23.8 Å². The molecule has 0 bridgehead atoms. The number of rotatable bonds is 6. The molecule has 11 heteroatoms. The molecule has 0 saturated carbocycles. The number of aliphatic hydroxyl groups excluding tert-OH is 2. The van der Waals surface area contributed by atoms with E-state index in [0.29, 0.717) is 12.8 Å². The summed E-state index contributed by atoms with van der Waals surface area (Å²) in [6.45, 7) is 11.0. The number of ether oxygens (including phenoxy) is 4. The van der Waals surface area contributed by atoms with Gasteiger partial charge in [-0.3, -0.25) is 14.4 Å². The van der Waals surface area contributed by atoms with Crippen LogP contribution >= 0.6 is 0 Å². The first-order valence-electron chi connectivity index (χ1n) is 15.2. The Labute approximate surface area is 249 Å². The third-order valence-corrected chi connectivity index (χ3v) is 9.33. The van der Waals surface area contributed by atoms with E-state index in [-0.39, 0.29) is 49.2 Å². The first-order chi connectivity index (χ1) is 19.6. The molecule has 11 nitrogen and oxygen atoms in total. The van der Waals surface area contributed by atoms with E-state index in [1.165, 1.54) is 6.08 Å². The molecule has 0 aromatic carbocycles. The lowest BCUT2D eigenvalue weighted by molar-refractivity contribution is -0.283. The zero-order valence-electron chi connectivity index (χ0n) is 26.3. The van der Waals surface area contributed by atoms with E-state index < -0.39 is 66.0 Å². The molecular weight excluding hydrogens is 546 g/mol. The molecule has 0 radical (unpaired) electrons. The molecule has 3 heterocycles. The second-order valence-corrected chi connectivity index (χ2v) is 13.1. The molecular formula is C31H51NO10. The number of ketones is 1. The van der Waals surface area contributed by atoms with Gasteiger partial charge in [0.15, 0.2) is 12.1 Å². The summed E-state index contributed by atoms with van der Waals surface area (Å²) in [5.74, 6) is -4.05. The Hall–Kier alpha value is -1.89. The van der Waals surface area contributed by atoms with Crippen molar-refractivity contribution in [3.8, 4) is 0 Å². The van der Waals surface area contributed by atoms with Crippen LogP contribution in [0.15, 0.2) is 12.2 Å². The van der Waals surface area contributed by atoms with Gasteiger partial charge in [0.05, 0.1) is 37.3 Å². The SMILES string of the molecule is CC[C@H]1OC(=O)C[C@@H](O)[C@H](C)[C@@H](O[C@@H]2O[C@@H](C)C[C@H](N(C)C)[C@@H]2O)[C@@H](CC(=O)O)C[C@@H](C)C(=O)/C=C/[C@]2(C)O[C@H]2[C@@H]1C. The van der Waals surface area contributed by atoms with Crippen molar-refractivity contribution < 1.29 is 48.7 Å². The summed E-state index contributed by atoms with van der Waals surface area (Å²) in [6.07, 6.45) is -1.49. The Kier molecular flexibility index (Phi) is 11.7. The van der Waals surface area contributed by atoms with E-state index in [4.69, 9.17) is 18.9 Å². The first kappa shape index (κ1) is 34.6. The van der Waals surface area contributed by atoms with Crippen molar-refractivity contribution in [1.29, 1.82) is 0 Å². The predicted octanol–water partition coefficient (Wildman–Crippen LogP) is 2.56. The average Bonchev–Trinajstić information content (AvgIpc) is 3.59. The molecule has 13 atom stereocenters. The number of aliphatic carboxylic acids is 1. The maximum Gasteiger partial charge on any atom is 0.308 e. The topological polar surface area (TPSA) is 155 Å². The highest BCUT2D eigenvalue weighted by Gasteiger charge is 2.55. The molecule has 3 rings (SSSR count). The lowest BCUT2D eigenvalue weighted by atomic mass is 9.79. The minimum Gasteiger partial charge on any atom is -0.481 e. The number of aliphatic hydroxyl groups is 2. The smallest absolute Gasteiger partial charge is 0.308 e. The number of allylic oxidation sites excluding steroid dienone is 1. The Morgan fingerprint density at radius 3 is 2.38 bits per heavy atom. The van der Waals surface area contributed by atoms with E-state index in [1.807, 2.05) is 46.7 Å². The maximum absolute atomic E-state index is 13.2. The third kappa shape index (κ3) is 8.39. The zero-order chi connectivity index (χ0) is 31.5. The van der Waals surface area contributed by atoms with Crippen molar-refractivity contribution in [3.63, 3.8) is 0 Å². The third-order valence-electron chi connectivity index (χ3n) is 9.33. The second kappa shape index (κ2) is 14.3. The zero-order valence-corrected chi connectivity index (χ0v) is 26.3. The van der Waals surface area contributed by atoms with Crippen molar-refractivity contribution in [2.45, 2.75) is 128 Å². The number of carboxylic acid groups (broad SMARTS) is 1. The second-order valence-electron chi connectivity index (χ2n) is 13.1. The summed E-state index contributed by atoms with van der Waals surface area (Å²) in [5, 5.41) is 32.3. The molecule has 0 unspecified atom stereocenters. The molecule has 0 aliphatic carbocycles. The maximum atomic E-state index is 13.2. The fourth-order valence-corrected chi connectivity index (χ4v) is 6.57. The molecule has 3 aliphatic rings. The van der Waals surface area contributed by atoms with Gasteiger partial charge in [-0.15, -0.1) is 0 Å². The minimum atomic E-state index is -1.24. The number of epoxide rings is 1. The van der Waals surface area contributed by atoms with E-state index in [9.17, 15) is 29.7 Å². The van der Waals surface area contributed by atoms with Crippen LogP contribution in [0, 0.1) is 23.7 Å². The van der Waals surface area contributed by atoms with Crippen LogP contribution in [0.5, 0.6) is 0 Å². The van der Waals surface area contributed by atoms with Crippen molar-refractivity contribution in [1.82, 2.24) is 4.90 Å². The van der Waals surface area contributed by atoms with E-state index in [1.54, 1.807) is 19.9 Å². The van der Waals surface area contributed by atoms with Gasteiger partial charge >= 0.3 is 11.9 Å². The molecule has 0 aromatic rings. The standard InChI is InChI=1S/C31H51NO10/c1-9-24-19(5)29-31(6,42-29)11-10-22(33)16(2)12-20(14-25(35)36)28(18(4)23(34)15-26(37)40-24)41-30-27(38)21(32(7)8)13-17(3)39-30/h10-11,16-21,23-24,27-30,34,38H,9,12-15H2,1-8H3,(H,35,36)/b11-10+/t16-,17+,18+,19-,20-,21+,23-,24-,27+,28-,29+,30+,31+/m1/s1. The Balaban J connectivity index is 1.98. The van der Waals surface area contributed by atoms with Gasteiger partial charge in [-0.1, -0.05) is 27.7 Å². The van der Waals surface area contributed by atoms with Crippen LogP contribution in [0.3, 0.4) is 0 Å². The van der Waals surface area contributed by atoms with Gasteiger partial charge in [-0.05, 0) is 65.3 Å². The van der Waals surface area contributed by atoms with Gasteiger partial charge in [-0.25, -0.2) is 0 Å². The number of esters is 1. The number of hydrogen-bond donors (Lipinski definition) is 3. The lowest BCUT2D eigenvalue weighted by Gasteiger charge is -2.44. The molecule has 240 valence electrons. The Morgan fingerprint density at radius 1 is 1.12 bits per heavy atom. The predicted molar refractivity (Wildman–Crippen MR) is 153 cm³/mol. The summed E-state index contributed by atoms with van der Waals surface area (Å²) >= 11 is 0. The molecule has 3 aliphatic heterocycles. The number of carbonyl (C=O) groups excluding carboxylic acids is 2. The number of carboxylic acids is 1. The van der Waals surface area contributed by atoms with Gasteiger partial charge < -0.3 is 39.2 Å². The fraction of sp³-hybridized carbons (Fsp3) is 0.839. The minimum absolute atomic E-state index is 0.142. The monoisotopic (exact) mass is 597 g/mol. The first-order valence-corrected chi connectivity index (χ1v) is 15.2. The quantitative estimate of drug-likeness (QED) is 0.306. The average molecular weight is 598 g/mol. The van der Waals surface area contributed by atoms with Crippen molar-refractivity contribution in [2.24, 2.45) is 23.7 Å².